The maximum atomic E-state index is 11.4. The molecule has 2 N–H and O–H groups in total. The Kier molecular flexibility index (Phi) is 3.82. The number of ether oxygens (including phenoxy) is 2. The zero-order valence-corrected chi connectivity index (χ0v) is 8.97. The molecule has 1 rings (SSSR count). The molecule has 0 saturated heterocycles. The summed E-state index contributed by atoms with van der Waals surface area (Å²) in [4.78, 5) is 26.0. The Morgan fingerprint density at radius 2 is 2.12 bits per heavy atom. The van der Waals surface area contributed by atoms with Gasteiger partial charge >= 0.3 is 5.97 Å². The fourth-order valence-electron chi connectivity index (χ4n) is 0.908. The van der Waals surface area contributed by atoms with Gasteiger partial charge in [0.2, 0.25) is 5.88 Å². The van der Waals surface area contributed by atoms with Crippen molar-refractivity contribution in [1.82, 2.24) is 4.98 Å². The molecule has 1 aromatic rings. The summed E-state index contributed by atoms with van der Waals surface area (Å²) >= 11 is 0. The minimum absolute atomic E-state index is 0.230. The first-order chi connectivity index (χ1) is 7.54. The highest BCUT2D eigenvalue weighted by Crippen LogP contribution is 2.08. The predicted molar refractivity (Wildman–Crippen MR) is 54.9 cm³/mol. The van der Waals surface area contributed by atoms with E-state index in [0.29, 0.717) is 5.88 Å². The van der Waals surface area contributed by atoms with Crippen LogP contribution in [0.2, 0.25) is 0 Å². The molecule has 0 unspecified atom stereocenters. The number of methoxy groups -OCH3 is 1. The fourth-order valence-corrected chi connectivity index (χ4v) is 0.908. The first kappa shape index (κ1) is 12.0. The van der Waals surface area contributed by atoms with E-state index < -0.39 is 18.0 Å². The molecule has 1 aromatic heterocycles. The highest BCUT2D eigenvalue weighted by molar-refractivity contribution is 5.91. The molecule has 16 heavy (non-hydrogen) atoms. The molecule has 86 valence electrons. The number of carbonyl (C=O) groups excluding carboxylic acids is 2. The fraction of sp³-hybridized carbons (Fsp3) is 0.300. The van der Waals surface area contributed by atoms with E-state index >= 15 is 0 Å². The lowest BCUT2D eigenvalue weighted by atomic mass is 10.3. The number of rotatable bonds is 4. The number of carbonyl (C=O) groups is 2. The summed E-state index contributed by atoms with van der Waals surface area (Å²) < 4.78 is 9.61. The maximum absolute atomic E-state index is 11.4. The Hall–Kier alpha value is -2.11. The van der Waals surface area contributed by atoms with Crippen LogP contribution in [0.5, 0.6) is 5.88 Å². The van der Waals surface area contributed by atoms with Gasteiger partial charge in [0.15, 0.2) is 6.10 Å². The van der Waals surface area contributed by atoms with E-state index in [1.807, 2.05) is 0 Å². The highest BCUT2D eigenvalue weighted by Gasteiger charge is 2.16. The van der Waals surface area contributed by atoms with E-state index in [0.717, 1.165) is 0 Å². The van der Waals surface area contributed by atoms with Crippen molar-refractivity contribution in [3.05, 3.63) is 23.9 Å². The molecule has 0 spiro atoms. The van der Waals surface area contributed by atoms with Crippen LogP contribution >= 0.6 is 0 Å². The molecule has 0 fully saturated rings. The molecule has 0 saturated carbocycles. The lowest BCUT2D eigenvalue weighted by Crippen LogP contribution is -2.30. The van der Waals surface area contributed by atoms with Crippen molar-refractivity contribution in [2.45, 2.75) is 13.0 Å². The number of hydrogen-bond donors (Lipinski definition) is 1. The lowest BCUT2D eigenvalue weighted by molar-refractivity contribution is -0.125. The Morgan fingerprint density at radius 1 is 1.44 bits per heavy atom. The van der Waals surface area contributed by atoms with E-state index in [9.17, 15) is 9.59 Å². The third-order valence-corrected chi connectivity index (χ3v) is 1.87. The van der Waals surface area contributed by atoms with Crippen molar-refractivity contribution in [2.24, 2.45) is 5.73 Å². The zero-order chi connectivity index (χ0) is 12.1. The number of aromatic nitrogens is 1. The van der Waals surface area contributed by atoms with Gasteiger partial charge in [0.1, 0.15) is 0 Å². The molecule has 6 nitrogen and oxygen atoms in total. The van der Waals surface area contributed by atoms with Gasteiger partial charge in [-0.15, -0.1) is 0 Å². The molecule has 0 aromatic carbocycles. The van der Waals surface area contributed by atoms with Crippen LogP contribution in [-0.4, -0.2) is 30.1 Å². The van der Waals surface area contributed by atoms with Crippen LogP contribution < -0.4 is 10.5 Å². The van der Waals surface area contributed by atoms with Gasteiger partial charge in [-0.1, -0.05) is 0 Å². The first-order valence-electron chi connectivity index (χ1n) is 4.55. The van der Waals surface area contributed by atoms with Crippen molar-refractivity contribution >= 4 is 11.9 Å². The highest BCUT2D eigenvalue weighted by atomic mass is 16.5. The van der Waals surface area contributed by atoms with Crippen LogP contribution in [-0.2, 0) is 9.53 Å². The smallest absolute Gasteiger partial charge is 0.340 e. The van der Waals surface area contributed by atoms with Gasteiger partial charge in [0.05, 0.1) is 12.7 Å². The van der Waals surface area contributed by atoms with Crippen molar-refractivity contribution in [3.63, 3.8) is 0 Å². The van der Waals surface area contributed by atoms with E-state index in [1.54, 1.807) is 0 Å². The number of pyridine rings is 1. The largest absolute Gasteiger partial charge is 0.481 e. The SMILES string of the molecule is COc1ccc(C(=O)O[C@@H](C)C(N)=O)cn1. The van der Waals surface area contributed by atoms with E-state index in [1.165, 1.54) is 32.4 Å². The monoisotopic (exact) mass is 224 g/mol. The summed E-state index contributed by atoms with van der Waals surface area (Å²) in [5, 5.41) is 0. The Bertz CT molecular complexity index is 388. The van der Waals surface area contributed by atoms with E-state index in [2.05, 4.69) is 4.98 Å². The van der Waals surface area contributed by atoms with E-state index in [4.69, 9.17) is 15.2 Å². The Balaban J connectivity index is 2.69. The second-order valence-corrected chi connectivity index (χ2v) is 3.04. The quantitative estimate of drug-likeness (QED) is 0.733. The molecule has 1 heterocycles. The Morgan fingerprint density at radius 3 is 2.56 bits per heavy atom. The number of hydrogen-bond acceptors (Lipinski definition) is 5. The molecule has 6 heteroatoms. The lowest BCUT2D eigenvalue weighted by Gasteiger charge is -2.09. The van der Waals surface area contributed by atoms with Crippen LogP contribution in [0.4, 0.5) is 0 Å². The van der Waals surface area contributed by atoms with Crippen molar-refractivity contribution in [3.8, 4) is 5.88 Å². The molecule has 0 aliphatic heterocycles. The zero-order valence-electron chi connectivity index (χ0n) is 8.97. The number of nitrogens with two attached hydrogens (primary N) is 1. The van der Waals surface area contributed by atoms with Gasteiger partial charge in [-0.25, -0.2) is 9.78 Å². The van der Waals surface area contributed by atoms with E-state index in [-0.39, 0.29) is 5.56 Å². The average molecular weight is 224 g/mol. The standard InChI is InChI=1S/C10H12N2O4/c1-6(9(11)13)16-10(14)7-3-4-8(15-2)12-5-7/h3-6H,1-2H3,(H2,11,13)/t6-/m0/s1. The van der Waals surface area contributed by atoms with Crippen molar-refractivity contribution in [1.29, 1.82) is 0 Å². The summed E-state index contributed by atoms with van der Waals surface area (Å²) in [6.07, 6.45) is 0.337. The van der Waals surface area contributed by atoms with Gasteiger partial charge in [-0.3, -0.25) is 4.79 Å². The number of esters is 1. The molecule has 1 amide bonds. The van der Waals surface area contributed by atoms with Crippen LogP contribution in [0.1, 0.15) is 17.3 Å². The van der Waals surface area contributed by atoms with Crippen LogP contribution in [0.3, 0.4) is 0 Å². The topological polar surface area (TPSA) is 91.5 Å². The molecule has 0 aliphatic rings. The summed E-state index contributed by atoms with van der Waals surface area (Å²) in [5.74, 6) is -0.962. The van der Waals surface area contributed by atoms with Gasteiger partial charge in [0, 0.05) is 12.3 Å². The summed E-state index contributed by atoms with van der Waals surface area (Å²) in [6.45, 7) is 1.40. The summed E-state index contributed by atoms with van der Waals surface area (Å²) in [5.41, 5.74) is 5.19. The van der Waals surface area contributed by atoms with Crippen LogP contribution in [0.25, 0.3) is 0 Å². The molecular formula is C10H12N2O4. The molecule has 1 atom stereocenters. The average Bonchev–Trinajstić information content (AvgIpc) is 2.28. The number of primary amides is 1. The Labute approximate surface area is 92.4 Å². The van der Waals surface area contributed by atoms with Gasteiger partial charge in [0.25, 0.3) is 5.91 Å². The minimum Gasteiger partial charge on any atom is -0.481 e. The third-order valence-electron chi connectivity index (χ3n) is 1.87. The minimum atomic E-state index is -0.963. The molecule has 0 radical (unpaired) electrons. The molecular weight excluding hydrogens is 212 g/mol. The summed E-state index contributed by atoms with van der Waals surface area (Å²) in [7, 11) is 1.47. The normalized spacial score (nSPS) is 11.6. The molecule has 0 bridgehead atoms. The van der Waals surface area contributed by atoms with Crippen LogP contribution in [0, 0.1) is 0 Å². The van der Waals surface area contributed by atoms with Gasteiger partial charge in [-0.2, -0.15) is 0 Å². The summed E-state index contributed by atoms with van der Waals surface area (Å²) in [6, 6.07) is 3.01. The second kappa shape index (κ2) is 5.11. The van der Waals surface area contributed by atoms with Crippen molar-refractivity contribution < 1.29 is 19.1 Å². The van der Waals surface area contributed by atoms with Crippen LogP contribution in [0.15, 0.2) is 18.3 Å². The van der Waals surface area contributed by atoms with Gasteiger partial charge in [-0.05, 0) is 13.0 Å². The van der Waals surface area contributed by atoms with Gasteiger partial charge < -0.3 is 15.2 Å². The predicted octanol–water partition coefficient (Wildman–Crippen LogP) is 0.121. The second-order valence-electron chi connectivity index (χ2n) is 3.04. The van der Waals surface area contributed by atoms with Crippen molar-refractivity contribution in [2.75, 3.05) is 7.11 Å². The number of amides is 1. The maximum Gasteiger partial charge on any atom is 0.340 e. The third kappa shape index (κ3) is 2.94. The number of nitrogens with zero attached hydrogens (tertiary/aromatic N) is 1. The molecule has 0 aliphatic carbocycles. The first-order valence-corrected chi connectivity index (χ1v) is 4.55.